The Kier molecular flexibility index (Phi) is 5.79. The van der Waals surface area contributed by atoms with Gasteiger partial charge in [0.2, 0.25) is 0 Å². The maximum absolute atomic E-state index is 13.3. The number of halogens is 1. The van der Waals surface area contributed by atoms with Gasteiger partial charge in [0.25, 0.3) is 0 Å². The first-order chi connectivity index (χ1) is 14.2. The van der Waals surface area contributed by atoms with Crippen LogP contribution in [-0.4, -0.2) is 22.3 Å². The lowest BCUT2D eigenvalue weighted by Gasteiger charge is -2.22. The third kappa shape index (κ3) is 4.26. The molecule has 4 heteroatoms. The summed E-state index contributed by atoms with van der Waals surface area (Å²) in [6.45, 7) is -0.254. The van der Waals surface area contributed by atoms with E-state index in [0.717, 1.165) is 48.2 Å². The molecule has 150 valence electrons. The molecule has 0 aliphatic heterocycles. The molecule has 1 N–H and O–H groups in total. The van der Waals surface area contributed by atoms with Crippen molar-refractivity contribution in [1.29, 1.82) is 0 Å². The smallest absolute Gasteiger partial charge is 0.303 e. The summed E-state index contributed by atoms with van der Waals surface area (Å²) in [7, 11) is 0. The molecule has 0 saturated heterocycles. The van der Waals surface area contributed by atoms with Gasteiger partial charge in [-0.05, 0) is 72.9 Å². The van der Waals surface area contributed by atoms with Crippen LogP contribution < -0.4 is 0 Å². The fourth-order valence-corrected chi connectivity index (χ4v) is 4.31. The molecule has 0 fully saturated rings. The van der Waals surface area contributed by atoms with E-state index in [1.54, 1.807) is 0 Å². The van der Waals surface area contributed by atoms with Gasteiger partial charge in [-0.2, -0.15) is 0 Å². The third-order valence-electron chi connectivity index (χ3n) is 5.83. The Balaban J connectivity index is 1.69. The Hall–Kier alpha value is -2.88. The van der Waals surface area contributed by atoms with E-state index in [1.165, 1.54) is 11.3 Å². The van der Waals surface area contributed by atoms with Gasteiger partial charge in [-0.3, -0.25) is 9.18 Å². The molecule has 3 nitrogen and oxygen atoms in total. The second-order valence-corrected chi connectivity index (χ2v) is 7.88. The van der Waals surface area contributed by atoms with Gasteiger partial charge in [0, 0.05) is 17.8 Å². The third-order valence-corrected chi connectivity index (χ3v) is 5.83. The number of aromatic nitrogens is 1. The Morgan fingerprint density at radius 1 is 1.10 bits per heavy atom. The second-order valence-electron chi connectivity index (χ2n) is 7.88. The summed E-state index contributed by atoms with van der Waals surface area (Å²) >= 11 is 0. The van der Waals surface area contributed by atoms with Crippen molar-refractivity contribution in [2.75, 3.05) is 6.67 Å². The number of rotatable bonds is 7. The fraction of sp³-hybridized carbons (Fsp3) is 0.320. The first-order valence-corrected chi connectivity index (χ1v) is 10.3. The van der Waals surface area contributed by atoms with Gasteiger partial charge < -0.3 is 9.67 Å². The Morgan fingerprint density at radius 3 is 2.55 bits per heavy atom. The molecule has 1 aromatic heterocycles. The van der Waals surface area contributed by atoms with Gasteiger partial charge >= 0.3 is 5.97 Å². The maximum atomic E-state index is 13.3. The summed E-state index contributed by atoms with van der Waals surface area (Å²) < 4.78 is 15.6. The van der Waals surface area contributed by atoms with Crippen molar-refractivity contribution in [3.8, 4) is 16.9 Å². The van der Waals surface area contributed by atoms with Crippen molar-refractivity contribution in [3.05, 3.63) is 77.5 Å². The van der Waals surface area contributed by atoms with Crippen molar-refractivity contribution in [2.45, 2.75) is 38.5 Å². The van der Waals surface area contributed by atoms with Crippen LogP contribution in [0.1, 0.15) is 36.1 Å². The normalized spacial score (nSPS) is 15.8. The number of alkyl halides is 1. The number of aliphatic carboxylic acids is 1. The number of hydrogen-bond acceptors (Lipinski definition) is 1. The van der Waals surface area contributed by atoms with E-state index in [2.05, 4.69) is 47.0 Å². The first kappa shape index (κ1) is 19.4. The average Bonchev–Trinajstić information content (AvgIpc) is 3.13. The lowest BCUT2D eigenvalue weighted by molar-refractivity contribution is -0.137. The standard InChI is InChI=1S/C25H26FNO2/c26-17-19-11-14-23-21(15-19)16-24(20-6-2-1-3-7-20)27(23)22-12-9-18(10-13-22)5-4-8-25(28)29/h1-3,6-7,9-10,12-13,16,19H,4-5,8,11,14-15,17H2,(H,28,29). The molecule has 0 spiro atoms. The number of aryl methyl sites for hydroxylation is 1. The lowest BCUT2D eigenvalue weighted by Crippen LogP contribution is -2.17. The van der Waals surface area contributed by atoms with Gasteiger partial charge in [0.05, 0.1) is 12.4 Å². The highest BCUT2D eigenvalue weighted by molar-refractivity contribution is 5.67. The largest absolute Gasteiger partial charge is 0.481 e. The predicted octanol–water partition coefficient (Wildman–Crippen LogP) is 5.63. The van der Waals surface area contributed by atoms with Crippen LogP contribution in [0.15, 0.2) is 60.7 Å². The highest BCUT2D eigenvalue weighted by Gasteiger charge is 2.25. The van der Waals surface area contributed by atoms with Crippen molar-refractivity contribution in [3.63, 3.8) is 0 Å². The SMILES string of the molecule is O=C(O)CCCc1ccc(-n2c(-c3ccccc3)cc3c2CCC(CF)C3)cc1. The fourth-order valence-electron chi connectivity index (χ4n) is 4.31. The van der Waals surface area contributed by atoms with Crippen LogP contribution >= 0.6 is 0 Å². The number of hydrogen-bond donors (Lipinski definition) is 1. The molecule has 29 heavy (non-hydrogen) atoms. The van der Waals surface area contributed by atoms with Crippen LogP contribution in [0.3, 0.4) is 0 Å². The number of carbonyl (C=O) groups is 1. The molecule has 0 saturated carbocycles. The van der Waals surface area contributed by atoms with Crippen LogP contribution in [0.5, 0.6) is 0 Å². The van der Waals surface area contributed by atoms with E-state index in [4.69, 9.17) is 5.11 Å². The molecule has 0 amide bonds. The van der Waals surface area contributed by atoms with E-state index in [9.17, 15) is 9.18 Å². The molecule has 2 aromatic carbocycles. The number of carboxylic acid groups (broad SMARTS) is 1. The van der Waals surface area contributed by atoms with E-state index < -0.39 is 5.97 Å². The highest BCUT2D eigenvalue weighted by Crippen LogP contribution is 2.35. The molecule has 1 aliphatic rings. The second kappa shape index (κ2) is 8.64. The summed E-state index contributed by atoms with van der Waals surface area (Å²) in [5.41, 5.74) is 7.09. The molecule has 1 atom stereocenters. The Bertz CT molecular complexity index is 976. The van der Waals surface area contributed by atoms with Crippen LogP contribution in [0.4, 0.5) is 4.39 Å². The zero-order chi connectivity index (χ0) is 20.2. The zero-order valence-electron chi connectivity index (χ0n) is 16.5. The van der Waals surface area contributed by atoms with E-state index >= 15 is 0 Å². The molecule has 4 rings (SSSR count). The zero-order valence-corrected chi connectivity index (χ0v) is 16.5. The van der Waals surface area contributed by atoms with E-state index in [-0.39, 0.29) is 19.0 Å². The van der Waals surface area contributed by atoms with Crippen molar-refractivity contribution in [1.82, 2.24) is 4.57 Å². The van der Waals surface area contributed by atoms with Gasteiger partial charge in [-0.25, -0.2) is 0 Å². The van der Waals surface area contributed by atoms with Crippen LogP contribution in [0.2, 0.25) is 0 Å². The molecule has 3 aromatic rings. The molecular weight excluding hydrogens is 365 g/mol. The van der Waals surface area contributed by atoms with Crippen LogP contribution in [0.25, 0.3) is 16.9 Å². The number of nitrogens with zero attached hydrogens (tertiary/aromatic N) is 1. The summed E-state index contributed by atoms with van der Waals surface area (Å²) in [6, 6.07) is 21.0. The van der Waals surface area contributed by atoms with Crippen molar-refractivity contribution in [2.24, 2.45) is 5.92 Å². The molecule has 0 bridgehead atoms. The molecule has 0 radical (unpaired) electrons. The minimum Gasteiger partial charge on any atom is -0.481 e. The molecule has 1 aliphatic carbocycles. The van der Waals surface area contributed by atoms with E-state index in [0.29, 0.717) is 6.42 Å². The van der Waals surface area contributed by atoms with Crippen LogP contribution in [0, 0.1) is 5.92 Å². The molecular formula is C25H26FNO2. The van der Waals surface area contributed by atoms with Gasteiger partial charge in [-0.1, -0.05) is 42.5 Å². The minimum atomic E-state index is -0.750. The van der Waals surface area contributed by atoms with Crippen LogP contribution in [-0.2, 0) is 24.1 Å². The van der Waals surface area contributed by atoms with Gasteiger partial charge in [0.1, 0.15) is 0 Å². The summed E-state index contributed by atoms with van der Waals surface area (Å²) in [4.78, 5) is 10.7. The topological polar surface area (TPSA) is 42.2 Å². The highest BCUT2D eigenvalue weighted by atomic mass is 19.1. The number of carboxylic acids is 1. The summed E-state index contributed by atoms with van der Waals surface area (Å²) in [5.74, 6) is -0.627. The quantitative estimate of drug-likeness (QED) is 0.567. The molecule has 1 unspecified atom stereocenters. The summed E-state index contributed by atoms with van der Waals surface area (Å²) in [5, 5.41) is 8.82. The molecule has 1 heterocycles. The Morgan fingerprint density at radius 2 is 1.86 bits per heavy atom. The Labute approximate surface area is 170 Å². The predicted molar refractivity (Wildman–Crippen MR) is 113 cm³/mol. The minimum absolute atomic E-state index is 0.124. The lowest BCUT2D eigenvalue weighted by atomic mass is 9.88. The monoisotopic (exact) mass is 391 g/mol. The average molecular weight is 391 g/mol. The maximum Gasteiger partial charge on any atom is 0.303 e. The van der Waals surface area contributed by atoms with Gasteiger partial charge in [0.15, 0.2) is 0 Å². The van der Waals surface area contributed by atoms with Gasteiger partial charge in [-0.15, -0.1) is 0 Å². The van der Waals surface area contributed by atoms with E-state index in [1.807, 2.05) is 18.2 Å². The summed E-state index contributed by atoms with van der Waals surface area (Å²) in [6.07, 6.45) is 4.17. The number of fused-ring (bicyclic) bond motifs is 1. The first-order valence-electron chi connectivity index (χ1n) is 10.3. The van der Waals surface area contributed by atoms with Crippen molar-refractivity contribution < 1.29 is 14.3 Å². The number of benzene rings is 2. The van der Waals surface area contributed by atoms with Crippen molar-refractivity contribution >= 4 is 5.97 Å².